The molecule has 2 aliphatic rings. The average molecular weight is 227 g/mol. The molecule has 0 aromatic carbocycles. The first-order valence-corrected chi connectivity index (χ1v) is 6.64. The molecule has 1 atom stereocenters. The van der Waals surface area contributed by atoms with Gasteiger partial charge in [0.2, 0.25) is 0 Å². The van der Waals surface area contributed by atoms with Crippen LogP contribution in [0.4, 0.5) is 0 Å². The third-order valence-electron chi connectivity index (χ3n) is 3.83. The van der Waals surface area contributed by atoms with Gasteiger partial charge in [-0.05, 0) is 19.4 Å². The Labute approximate surface area is 98.7 Å². The lowest BCUT2D eigenvalue weighted by molar-refractivity contribution is 0.0287. The van der Waals surface area contributed by atoms with Crippen LogP contribution in [0.3, 0.4) is 0 Å². The van der Waals surface area contributed by atoms with Gasteiger partial charge in [0.25, 0.3) is 0 Å². The predicted molar refractivity (Wildman–Crippen MR) is 65.5 cm³/mol. The Kier molecular flexibility index (Phi) is 5.03. The number of ether oxygens (including phenoxy) is 1. The van der Waals surface area contributed by atoms with Crippen molar-refractivity contribution in [3.05, 3.63) is 0 Å². The number of nitrogens with zero attached hydrogens (tertiary/aromatic N) is 2. The number of rotatable bonds is 4. The first kappa shape index (κ1) is 12.3. The summed E-state index contributed by atoms with van der Waals surface area (Å²) in [6, 6.07) is 0.634. The molecular weight excluding hydrogens is 202 g/mol. The summed E-state index contributed by atoms with van der Waals surface area (Å²) in [4.78, 5) is 5.09. The monoisotopic (exact) mass is 227 g/mol. The molecule has 0 aliphatic carbocycles. The van der Waals surface area contributed by atoms with Crippen LogP contribution >= 0.6 is 0 Å². The first-order chi connectivity index (χ1) is 7.90. The number of nitrogens with two attached hydrogens (primary N) is 1. The molecule has 0 radical (unpaired) electrons. The number of likely N-dealkylation sites (tertiary alicyclic amines) is 1. The van der Waals surface area contributed by atoms with E-state index < -0.39 is 0 Å². The highest BCUT2D eigenvalue weighted by atomic mass is 16.5. The molecule has 2 aliphatic heterocycles. The van der Waals surface area contributed by atoms with Crippen molar-refractivity contribution in [2.45, 2.75) is 25.3 Å². The normalized spacial score (nSPS) is 29.4. The fraction of sp³-hybridized carbons (Fsp3) is 1.00. The second-order valence-electron chi connectivity index (χ2n) is 4.88. The standard InChI is InChI=1S/C12H25N3O/c13-11-12-3-1-2-4-15(12)6-5-14-7-9-16-10-8-14/h12H,1-11,13H2. The summed E-state index contributed by atoms with van der Waals surface area (Å²) in [5.41, 5.74) is 5.83. The summed E-state index contributed by atoms with van der Waals surface area (Å²) in [7, 11) is 0. The molecule has 2 N–H and O–H groups in total. The Morgan fingerprint density at radius 1 is 1.06 bits per heavy atom. The van der Waals surface area contributed by atoms with E-state index in [1.54, 1.807) is 0 Å². The first-order valence-electron chi connectivity index (χ1n) is 6.64. The predicted octanol–water partition coefficient (Wildman–Crippen LogP) is 0.132. The highest BCUT2D eigenvalue weighted by Crippen LogP contribution is 2.15. The molecule has 94 valence electrons. The van der Waals surface area contributed by atoms with E-state index in [1.165, 1.54) is 38.9 Å². The van der Waals surface area contributed by atoms with Gasteiger partial charge in [0, 0.05) is 38.8 Å². The van der Waals surface area contributed by atoms with Crippen molar-refractivity contribution in [1.29, 1.82) is 0 Å². The van der Waals surface area contributed by atoms with Gasteiger partial charge < -0.3 is 10.5 Å². The van der Waals surface area contributed by atoms with Crippen molar-refractivity contribution in [3.63, 3.8) is 0 Å². The van der Waals surface area contributed by atoms with Crippen LogP contribution in [0.5, 0.6) is 0 Å². The van der Waals surface area contributed by atoms with E-state index in [0.717, 1.165) is 32.8 Å². The smallest absolute Gasteiger partial charge is 0.0594 e. The molecule has 0 aromatic rings. The van der Waals surface area contributed by atoms with Crippen molar-refractivity contribution in [2.75, 3.05) is 52.5 Å². The molecule has 4 heteroatoms. The molecule has 2 rings (SSSR count). The topological polar surface area (TPSA) is 41.7 Å². The highest BCUT2D eigenvalue weighted by molar-refractivity contribution is 4.78. The Hall–Kier alpha value is -0.160. The zero-order chi connectivity index (χ0) is 11.2. The minimum Gasteiger partial charge on any atom is -0.379 e. The molecule has 2 saturated heterocycles. The molecule has 2 fully saturated rings. The fourth-order valence-corrected chi connectivity index (χ4v) is 2.72. The molecule has 16 heavy (non-hydrogen) atoms. The van der Waals surface area contributed by atoms with Gasteiger partial charge in [0.15, 0.2) is 0 Å². The van der Waals surface area contributed by atoms with E-state index in [2.05, 4.69) is 9.80 Å². The van der Waals surface area contributed by atoms with Gasteiger partial charge in [-0.25, -0.2) is 0 Å². The molecule has 2 heterocycles. The van der Waals surface area contributed by atoms with Crippen LogP contribution in [0.2, 0.25) is 0 Å². The van der Waals surface area contributed by atoms with E-state index in [4.69, 9.17) is 10.5 Å². The fourth-order valence-electron chi connectivity index (χ4n) is 2.72. The second kappa shape index (κ2) is 6.55. The maximum atomic E-state index is 5.83. The molecule has 0 amide bonds. The van der Waals surface area contributed by atoms with Gasteiger partial charge in [-0.15, -0.1) is 0 Å². The molecule has 0 spiro atoms. The molecule has 0 saturated carbocycles. The Bertz CT molecular complexity index is 195. The number of hydrogen-bond acceptors (Lipinski definition) is 4. The minimum atomic E-state index is 0.634. The van der Waals surface area contributed by atoms with Crippen LogP contribution in [-0.2, 0) is 4.74 Å². The minimum absolute atomic E-state index is 0.634. The second-order valence-corrected chi connectivity index (χ2v) is 4.88. The van der Waals surface area contributed by atoms with Gasteiger partial charge in [0.1, 0.15) is 0 Å². The summed E-state index contributed by atoms with van der Waals surface area (Å²) in [5, 5.41) is 0. The lowest BCUT2D eigenvalue weighted by Crippen LogP contribution is -2.48. The molecule has 0 aromatic heterocycles. The molecule has 4 nitrogen and oxygen atoms in total. The van der Waals surface area contributed by atoms with Crippen LogP contribution < -0.4 is 5.73 Å². The summed E-state index contributed by atoms with van der Waals surface area (Å²) >= 11 is 0. The zero-order valence-electron chi connectivity index (χ0n) is 10.2. The number of piperidine rings is 1. The summed E-state index contributed by atoms with van der Waals surface area (Å²) in [6.45, 7) is 8.43. The van der Waals surface area contributed by atoms with E-state index in [1.807, 2.05) is 0 Å². The van der Waals surface area contributed by atoms with E-state index >= 15 is 0 Å². The lowest BCUT2D eigenvalue weighted by Gasteiger charge is -2.37. The van der Waals surface area contributed by atoms with E-state index in [-0.39, 0.29) is 0 Å². The highest BCUT2D eigenvalue weighted by Gasteiger charge is 2.21. The lowest BCUT2D eigenvalue weighted by atomic mass is 10.0. The Morgan fingerprint density at radius 3 is 2.62 bits per heavy atom. The van der Waals surface area contributed by atoms with Gasteiger partial charge in [-0.2, -0.15) is 0 Å². The molecule has 1 unspecified atom stereocenters. The third-order valence-corrected chi connectivity index (χ3v) is 3.83. The van der Waals surface area contributed by atoms with Crippen LogP contribution in [0.15, 0.2) is 0 Å². The Morgan fingerprint density at radius 2 is 1.88 bits per heavy atom. The zero-order valence-corrected chi connectivity index (χ0v) is 10.2. The number of morpholine rings is 1. The summed E-state index contributed by atoms with van der Waals surface area (Å²) in [6.07, 6.45) is 4.00. The maximum Gasteiger partial charge on any atom is 0.0594 e. The van der Waals surface area contributed by atoms with Crippen molar-refractivity contribution in [2.24, 2.45) is 5.73 Å². The van der Waals surface area contributed by atoms with Crippen molar-refractivity contribution < 1.29 is 4.74 Å². The SMILES string of the molecule is NCC1CCCCN1CCN1CCOCC1. The van der Waals surface area contributed by atoms with E-state index in [9.17, 15) is 0 Å². The van der Waals surface area contributed by atoms with Gasteiger partial charge in [-0.3, -0.25) is 9.80 Å². The third kappa shape index (κ3) is 3.42. The van der Waals surface area contributed by atoms with Gasteiger partial charge in [-0.1, -0.05) is 6.42 Å². The van der Waals surface area contributed by atoms with Crippen LogP contribution in [0, 0.1) is 0 Å². The quantitative estimate of drug-likeness (QED) is 0.741. The number of hydrogen-bond donors (Lipinski definition) is 1. The van der Waals surface area contributed by atoms with Crippen LogP contribution in [0.25, 0.3) is 0 Å². The van der Waals surface area contributed by atoms with Crippen molar-refractivity contribution in [3.8, 4) is 0 Å². The summed E-state index contributed by atoms with van der Waals surface area (Å²) in [5.74, 6) is 0. The van der Waals surface area contributed by atoms with Crippen LogP contribution in [0.1, 0.15) is 19.3 Å². The van der Waals surface area contributed by atoms with Crippen LogP contribution in [-0.4, -0.2) is 68.3 Å². The average Bonchev–Trinajstić information content (AvgIpc) is 2.38. The van der Waals surface area contributed by atoms with Crippen molar-refractivity contribution in [1.82, 2.24) is 9.80 Å². The molecular formula is C12H25N3O. The largest absolute Gasteiger partial charge is 0.379 e. The van der Waals surface area contributed by atoms with Crippen molar-refractivity contribution >= 4 is 0 Å². The maximum absolute atomic E-state index is 5.83. The van der Waals surface area contributed by atoms with Gasteiger partial charge in [0.05, 0.1) is 13.2 Å². The van der Waals surface area contributed by atoms with Gasteiger partial charge >= 0.3 is 0 Å². The van der Waals surface area contributed by atoms with E-state index in [0.29, 0.717) is 6.04 Å². The Balaban J connectivity index is 1.70. The molecule has 0 bridgehead atoms. The summed E-state index contributed by atoms with van der Waals surface area (Å²) < 4.78 is 5.36.